The second kappa shape index (κ2) is 8.51. The van der Waals surface area contributed by atoms with E-state index in [0.717, 1.165) is 36.3 Å². The molecule has 1 unspecified atom stereocenters. The monoisotopic (exact) mass is 378 g/mol. The highest BCUT2D eigenvalue weighted by Gasteiger charge is 2.21. The molecule has 4 rings (SSSR count). The van der Waals surface area contributed by atoms with Crippen LogP contribution in [0.4, 0.5) is 4.39 Å². The molecule has 1 nitrogen and oxygen atoms in total. The molecular formula is C26H31FO. The quantitative estimate of drug-likeness (QED) is 0.525. The molecule has 0 bridgehead atoms. The highest BCUT2D eigenvalue weighted by molar-refractivity contribution is 5.64. The second-order valence-electron chi connectivity index (χ2n) is 8.61. The number of halogens is 1. The summed E-state index contributed by atoms with van der Waals surface area (Å²) < 4.78 is 20.6. The van der Waals surface area contributed by atoms with Gasteiger partial charge >= 0.3 is 0 Å². The van der Waals surface area contributed by atoms with Gasteiger partial charge in [-0.25, -0.2) is 4.39 Å². The molecule has 28 heavy (non-hydrogen) atoms. The molecule has 1 fully saturated rings. The summed E-state index contributed by atoms with van der Waals surface area (Å²) in [6.45, 7) is 4.49. The van der Waals surface area contributed by atoms with Gasteiger partial charge in [0.15, 0.2) is 0 Å². The molecule has 0 amide bonds. The third-order valence-electron chi connectivity index (χ3n) is 6.66. The molecule has 2 aromatic carbocycles. The van der Waals surface area contributed by atoms with Gasteiger partial charge in [0.05, 0.1) is 6.26 Å². The van der Waals surface area contributed by atoms with Crippen molar-refractivity contribution in [3.63, 3.8) is 0 Å². The number of hydrogen-bond donors (Lipinski definition) is 0. The largest absolute Gasteiger partial charge is 0.493 e. The van der Waals surface area contributed by atoms with Crippen LogP contribution in [0.2, 0.25) is 0 Å². The fraction of sp³-hybridized carbons (Fsp3) is 0.462. The van der Waals surface area contributed by atoms with E-state index in [2.05, 4.69) is 38.1 Å². The molecule has 2 aromatic rings. The molecule has 1 aliphatic carbocycles. The molecule has 1 saturated carbocycles. The minimum atomic E-state index is -0.166. The Bertz CT molecular complexity index is 828. The lowest BCUT2D eigenvalue weighted by atomic mass is 9.79. The molecule has 148 valence electrons. The van der Waals surface area contributed by atoms with Crippen LogP contribution in [0.25, 0.3) is 11.1 Å². The van der Waals surface area contributed by atoms with Gasteiger partial charge in [0.25, 0.3) is 0 Å². The number of benzene rings is 2. The van der Waals surface area contributed by atoms with Crippen LogP contribution in [0, 0.1) is 11.7 Å². The van der Waals surface area contributed by atoms with Gasteiger partial charge in [-0.05, 0) is 72.3 Å². The van der Waals surface area contributed by atoms with Crippen molar-refractivity contribution in [2.24, 2.45) is 5.92 Å². The third kappa shape index (κ3) is 4.16. The Labute approximate surface area is 168 Å². The molecule has 1 aliphatic heterocycles. The smallest absolute Gasteiger partial charge is 0.130 e. The number of ether oxygens (including phenoxy) is 1. The van der Waals surface area contributed by atoms with E-state index >= 15 is 0 Å². The van der Waals surface area contributed by atoms with Crippen LogP contribution in [0.3, 0.4) is 0 Å². The highest BCUT2D eigenvalue weighted by Crippen LogP contribution is 2.37. The summed E-state index contributed by atoms with van der Waals surface area (Å²) in [7, 11) is 0. The normalized spacial score (nSPS) is 25.1. The van der Waals surface area contributed by atoms with Gasteiger partial charge in [0, 0.05) is 5.56 Å². The summed E-state index contributed by atoms with van der Waals surface area (Å²) in [5.74, 6) is 1.39. The molecule has 1 atom stereocenters. The van der Waals surface area contributed by atoms with Crippen LogP contribution < -0.4 is 0 Å². The van der Waals surface area contributed by atoms with Gasteiger partial charge in [-0.15, -0.1) is 0 Å². The fourth-order valence-electron chi connectivity index (χ4n) is 4.62. The topological polar surface area (TPSA) is 9.23 Å². The molecule has 0 radical (unpaired) electrons. The van der Waals surface area contributed by atoms with E-state index in [0.29, 0.717) is 11.5 Å². The van der Waals surface area contributed by atoms with Crippen LogP contribution >= 0.6 is 0 Å². The molecule has 0 spiro atoms. The summed E-state index contributed by atoms with van der Waals surface area (Å²) in [5.41, 5.74) is 5.42. The second-order valence-corrected chi connectivity index (χ2v) is 8.61. The maximum absolute atomic E-state index is 14.8. The van der Waals surface area contributed by atoms with Crippen molar-refractivity contribution >= 4 is 0 Å². The Morgan fingerprint density at radius 3 is 2.25 bits per heavy atom. The van der Waals surface area contributed by atoms with Gasteiger partial charge in [-0.2, -0.15) is 0 Å². The van der Waals surface area contributed by atoms with Gasteiger partial charge in [0.1, 0.15) is 11.9 Å². The van der Waals surface area contributed by atoms with Crippen molar-refractivity contribution in [3.05, 3.63) is 71.2 Å². The first-order valence-electron chi connectivity index (χ1n) is 10.9. The number of allylic oxidation sites excluding steroid dienone is 1. The van der Waals surface area contributed by atoms with Crippen LogP contribution in [-0.2, 0) is 4.74 Å². The minimum absolute atomic E-state index is 0.166. The lowest BCUT2D eigenvalue weighted by Gasteiger charge is -2.26. The third-order valence-corrected chi connectivity index (χ3v) is 6.66. The van der Waals surface area contributed by atoms with Crippen molar-refractivity contribution < 1.29 is 9.13 Å². The average Bonchev–Trinajstić information content (AvgIpc) is 2.74. The summed E-state index contributed by atoms with van der Waals surface area (Å²) in [6, 6.07) is 14.4. The standard InChI is InChI=1S/C26H31FO/c1-3-19-6-15-26(28-17-19)24-14-13-23(16-25(24)27)22-11-9-21(10-12-22)20-7-4-18(2)5-8-20/h9-14,16-18,20,26H,3-8,15H2,1-2H3. The van der Waals surface area contributed by atoms with Gasteiger partial charge in [0.2, 0.25) is 0 Å². The molecule has 1 heterocycles. The van der Waals surface area contributed by atoms with Crippen molar-refractivity contribution in [1.82, 2.24) is 0 Å². The van der Waals surface area contributed by atoms with Crippen LogP contribution in [0.5, 0.6) is 0 Å². The predicted molar refractivity (Wildman–Crippen MR) is 114 cm³/mol. The van der Waals surface area contributed by atoms with Crippen molar-refractivity contribution in [3.8, 4) is 11.1 Å². The molecule has 0 saturated heterocycles. The predicted octanol–water partition coefficient (Wildman–Crippen LogP) is 7.93. The lowest BCUT2D eigenvalue weighted by molar-refractivity contribution is 0.116. The van der Waals surface area contributed by atoms with Crippen molar-refractivity contribution in [2.45, 2.75) is 70.8 Å². The SMILES string of the molecule is CCC1=COC(c2ccc(-c3ccc(C4CCC(C)CC4)cc3)cc2F)CC1. The average molecular weight is 379 g/mol. The zero-order valence-electron chi connectivity index (χ0n) is 17.1. The van der Waals surface area contributed by atoms with Crippen molar-refractivity contribution in [1.29, 1.82) is 0 Å². The first kappa shape index (κ1) is 19.2. The Kier molecular flexibility index (Phi) is 5.85. The zero-order chi connectivity index (χ0) is 19.5. The highest BCUT2D eigenvalue weighted by atomic mass is 19.1. The molecular weight excluding hydrogens is 347 g/mol. The summed E-state index contributed by atoms with van der Waals surface area (Å²) in [5, 5.41) is 0. The minimum Gasteiger partial charge on any atom is -0.493 e. The lowest BCUT2D eigenvalue weighted by Crippen LogP contribution is -2.10. The Morgan fingerprint density at radius 2 is 1.64 bits per heavy atom. The number of hydrogen-bond acceptors (Lipinski definition) is 1. The van der Waals surface area contributed by atoms with Crippen LogP contribution in [0.1, 0.15) is 81.9 Å². The van der Waals surface area contributed by atoms with E-state index in [1.165, 1.54) is 36.8 Å². The maximum atomic E-state index is 14.8. The zero-order valence-corrected chi connectivity index (χ0v) is 17.1. The number of rotatable bonds is 4. The van der Waals surface area contributed by atoms with E-state index in [1.54, 1.807) is 6.07 Å². The summed E-state index contributed by atoms with van der Waals surface area (Å²) in [4.78, 5) is 0. The van der Waals surface area contributed by atoms with E-state index in [9.17, 15) is 4.39 Å². The van der Waals surface area contributed by atoms with Crippen LogP contribution in [0.15, 0.2) is 54.3 Å². The molecule has 0 aromatic heterocycles. The van der Waals surface area contributed by atoms with E-state index in [1.807, 2.05) is 18.4 Å². The van der Waals surface area contributed by atoms with Gasteiger partial charge in [-0.1, -0.05) is 63.1 Å². The van der Waals surface area contributed by atoms with Crippen LogP contribution in [-0.4, -0.2) is 0 Å². The van der Waals surface area contributed by atoms with Gasteiger partial charge < -0.3 is 4.74 Å². The van der Waals surface area contributed by atoms with Crippen molar-refractivity contribution in [2.75, 3.05) is 0 Å². The summed E-state index contributed by atoms with van der Waals surface area (Å²) in [6.07, 6.45) is 9.75. The van der Waals surface area contributed by atoms with E-state index in [-0.39, 0.29) is 11.9 Å². The first-order valence-corrected chi connectivity index (χ1v) is 10.9. The van der Waals surface area contributed by atoms with Gasteiger partial charge in [-0.3, -0.25) is 0 Å². The van der Waals surface area contributed by atoms with E-state index in [4.69, 9.17) is 4.74 Å². The Balaban J connectivity index is 1.47. The Hall–Kier alpha value is -2.09. The molecule has 0 N–H and O–H groups in total. The molecule has 2 heteroatoms. The van der Waals surface area contributed by atoms with E-state index < -0.39 is 0 Å². The first-order chi connectivity index (χ1) is 13.6. The Morgan fingerprint density at radius 1 is 0.929 bits per heavy atom. The molecule has 2 aliphatic rings. The summed E-state index contributed by atoms with van der Waals surface area (Å²) >= 11 is 0. The maximum Gasteiger partial charge on any atom is 0.130 e. The fourth-order valence-corrected chi connectivity index (χ4v) is 4.62.